The first-order valence-corrected chi connectivity index (χ1v) is 11.3. The smallest absolute Gasteiger partial charge is 0.272 e. The van der Waals surface area contributed by atoms with Crippen molar-refractivity contribution in [1.29, 1.82) is 0 Å². The highest BCUT2D eigenvalue weighted by molar-refractivity contribution is 6.25. The van der Waals surface area contributed by atoms with Crippen LogP contribution in [0.2, 0.25) is 0 Å². The maximum absolute atomic E-state index is 13.9. The number of anilines is 1. The van der Waals surface area contributed by atoms with Gasteiger partial charge in [-0.25, -0.2) is 4.90 Å². The number of carbonyl (C=O) groups is 2. The molecule has 0 saturated carbocycles. The second-order valence-electron chi connectivity index (χ2n) is 8.91. The molecule has 2 amide bonds. The standard InChI is InChI=1S/C27H21N3O5/c1-35-16-11-12-20-19(13-16)23-21(28-20)14-18(17-9-5-6-10-22(17)30(33)34)24-25(23)27(32)29(26(24)31)15-7-3-2-4-8-15/h2-13,18,24-25,28H,14H2,1H3/t18-,24+,25-/m1/s1. The van der Waals surface area contributed by atoms with Crippen LogP contribution in [0.25, 0.3) is 10.9 Å². The SMILES string of the molecule is COc1ccc2[nH]c3c(c2c1)[C@H]1C(=O)N(c2ccccc2)C(=O)[C@H]1[C@@H](c1ccccc1[N+](=O)[O-])C3. The fourth-order valence-corrected chi connectivity index (χ4v) is 5.74. The Bertz CT molecular complexity index is 1510. The Morgan fingerprint density at radius 3 is 2.49 bits per heavy atom. The molecular formula is C27H21N3O5. The van der Waals surface area contributed by atoms with Crippen LogP contribution in [0.4, 0.5) is 11.4 Å². The predicted octanol–water partition coefficient (Wildman–Crippen LogP) is 4.70. The molecule has 35 heavy (non-hydrogen) atoms. The Kier molecular flexibility index (Phi) is 4.70. The van der Waals surface area contributed by atoms with Crippen molar-refractivity contribution in [1.82, 2.24) is 4.98 Å². The Morgan fingerprint density at radius 2 is 1.74 bits per heavy atom. The zero-order chi connectivity index (χ0) is 24.3. The van der Waals surface area contributed by atoms with E-state index in [2.05, 4.69) is 4.98 Å². The summed E-state index contributed by atoms with van der Waals surface area (Å²) in [6.07, 6.45) is 0.375. The molecule has 0 radical (unpaired) electrons. The number of H-pyrrole nitrogens is 1. The van der Waals surface area contributed by atoms with Crippen molar-refractivity contribution in [3.05, 3.63) is 99.7 Å². The fourth-order valence-electron chi connectivity index (χ4n) is 5.74. The Balaban J connectivity index is 1.60. The summed E-state index contributed by atoms with van der Waals surface area (Å²) < 4.78 is 5.41. The van der Waals surface area contributed by atoms with Crippen LogP contribution < -0.4 is 9.64 Å². The fraction of sp³-hybridized carbons (Fsp3) is 0.185. The van der Waals surface area contributed by atoms with Gasteiger partial charge in [-0.05, 0) is 42.3 Å². The zero-order valence-corrected chi connectivity index (χ0v) is 18.8. The lowest BCUT2D eigenvalue weighted by Gasteiger charge is -2.31. The van der Waals surface area contributed by atoms with Crippen LogP contribution in [-0.2, 0) is 16.0 Å². The van der Waals surface area contributed by atoms with Crippen LogP contribution >= 0.6 is 0 Å². The molecule has 174 valence electrons. The monoisotopic (exact) mass is 467 g/mol. The van der Waals surface area contributed by atoms with Crippen LogP contribution in [0.3, 0.4) is 0 Å². The highest BCUT2D eigenvalue weighted by Crippen LogP contribution is 2.53. The number of nitro benzene ring substituents is 1. The maximum Gasteiger partial charge on any atom is 0.272 e. The molecule has 0 unspecified atom stereocenters. The van der Waals surface area contributed by atoms with Gasteiger partial charge in [0.05, 0.1) is 29.6 Å². The number of benzene rings is 3. The maximum atomic E-state index is 13.9. The average Bonchev–Trinajstić information content (AvgIpc) is 3.37. The quantitative estimate of drug-likeness (QED) is 0.266. The molecule has 1 aliphatic heterocycles. The molecule has 8 nitrogen and oxygen atoms in total. The first-order valence-electron chi connectivity index (χ1n) is 11.3. The number of nitro groups is 1. The van der Waals surface area contributed by atoms with Gasteiger partial charge >= 0.3 is 0 Å². The first-order chi connectivity index (χ1) is 17.0. The number of rotatable bonds is 4. The number of para-hydroxylation sites is 2. The van der Waals surface area contributed by atoms with Crippen molar-refractivity contribution in [3.63, 3.8) is 0 Å². The lowest BCUT2D eigenvalue weighted by Crippen LogP contribution is -2.32. The number of amides is 2. The van der Waals surface area contributed by atoms with E-state index in [1.54, 1.807) is 49.6 Å². The van der Waals surface area contributed by atoms with Crippen LogP contribution in [-0.4, -0.2) is 28.8 Å². The van der Waals surface area contributed by atoms with E-state index in [1.165, 1.54) is 11.0 Å². The molecule has 3 aromatic carbocycles. The van der Waals surface area contributed by atoms with Crippen molar-refractivity contribution in [2.24, 2.45) is 5.92 Å². The Morgan fingerprint density at radius 1 is 1.00 bits per heavy atom. The predicted molar refractivity (Wildman–Crippen MR) is 130 cm³/mol. The van der Waals surface area contributed by atoms with Gasteiger partial charge < -0.3 is 9.72 Å². The van der Waals surface area contributed by atoms with E-state index in [0.717, 1.165) is 22.2 Å². The van der Waals surface area contributed by atoms with E-state index in [4.69, 9.17) is 4.74 Å². The summed E-state index contributed by atoms with van der Waals surface area (Å²) in [5.41, 5.74) is 3.33. The second kappa shape index (κ2) is 7.80. The third kappa shape index (κ3) is 3.06. The molecule has 1 saturated heterocycles. The molecule has 2 heterocycles. The average molecular weight is 467 g/mol. The number of imide groups is 1. The highest BCUT2D eigenvalue weighted by Gasteiger charge is 2.56. The number of hydrogen-bond acceptors (Lipinski definition) is 5. The molecule has 1 aliphatic carbocycles. The third-order valence-corrected chi connectivity index (χ3v) is 7.19. The third-order valence-electron chi connectivity index (χ3n) is 7.19. The van der Waals surface area contributed by atoms with Gasteiger partial charge in [-0.15, -0.1) is 0 Å². The van der Waals surface area contributed by atoms with Gasteiger partial charge in [0.1, 0.15) is 5.75 Å². The number of ether oxygens (including phenoxy) is 1. The number of hydrogen-bond donors (Lipinski definition) is 1. The van der Waals surface area contributed by atoms with Gasteiger partial charge in [0.15, 0.2) is 0 Å². The Hall–Kier alpha value is -4.46. The van der Waals surface area contributed by atoms with Crippen molar-refractivity contribution in [2.45, 2.75) is 18.3 Å². The van der Waals surface area contributed by atoms with E-state index >= 15 is 0 Å². The second-order valence-corrected chi connectivity index (χ2v) is 8.91. The van der Waals surface area contributed by atoms with E-state index in [0.29, 0.717) is 23.4 Å². The summed E-state index contributed by atoms with van der Waals surface area (Å²) in [4.78, 5) is 43.9. The molecule has 0 bridgehead atoms. The molecule has 4 aromatic rings. The molecule has 3 atom stereocenters. The van der Waals surface area contributed by atoms with E-state index < -0.39 is 22.7 Å². The van der Waals surface area contributed by atoms with E-state index in [1.807, 2.05) is 24.3 Å². The van der Waals surface area contributed by atoms with Gasteiger partial charge in [0.2, 0.25) is 11.8 Å². The minimum absolute atomic E-state index is 0.0455. The summed E-state index contributed by atoms with van der Waals surface area (Å²) in [6, 6.07) is 20.9. The minimum atomic E-state index is -0.767. The summed E-state index contributed by atoms with van der Waals surface area (Å²) >= 11 is 0. The van der Waals surface area contributed by atoms with Gasteiger partial charge in [0.25, 0.3) is 5.69 Å². The molecule has 1 N–H and O–H groups in total. The molecule has 6 rings (SSSR count). The number of aromatic amines is 1. The zero-order valence-electron chi connectivity index (χ0n) is 18.8. The highest BCUT2D eigenvalue weighted by atomic mass is 16.6. The summed E-state index contributed by atoms with van der Waals surface area (Å²) in [6.45, 7) is 0. The van der Waals surface area contributed by atoms with Crippen LogP contribution in [0.1, 0.15) is 28.7 Å². The van der Waals surface area contributed by atoms with E-state index in [9.17, 15) is 19.7 Å². The molecule has 1 fully saturated rings. The number of methoxy groups -OCH3 is 1. The number of fused-ring (bicyclic) bond motifs is 5. The number of carbonyl (C=O) groups excluding carboxylic acids is 2. The molecule has 8 heteroatoms. The van der Waals surface area contributed by atoms with Gasteiger partial charge in [-0.1, -0.05) is 36.4 Å². The number of nitrogens with one attached hydrogen (secondary N) is 1. The first kappa shape index (κ1) is 21.1. The van der Waals surface area contributed by atoms with Crippen molar-refractivity contribution in [3.8, 4) is 5.75 Å². The Labute approximate surface area is 200 Å². The van der Waals surface area contributed by atoms with Crippen LogP contribution in [0, 0.1) is 16.0 Å². The largest absolute Gasteiger partial charge is 0.497 e. The van der Waals surface area contributed by atoms with Crippen molar-refractivity contribution < 1.29 is 19.2 Å². The van der Waals surface area contributed by atoms with Crippen molar-refractivity contribution >= 4 is 34.1 Å². The summed E-state index contributed by atoms with van der Waals surface area (Å²) in [5.74, 6) is -2.07. The lowest BCUT2D eigenvalue weighted by atomic mass is 9.69. The summed E-state index contributed by atoms with van der Waals surface area (Å²) in [5, 5.41) is 12.7. The van der Waals surface area contributed by atoms with Crippen LogP contribution in [0.5, 0.6) is 5.75 Å². The van der Waals surface area contributed by atoms with Gasteiger partial charge in [-0.3, -0.25) is 19.7 Å². The molecular weight excluding hydrogens is 446 g/mol. The lowest BCUT2D eigenvalue weighted by molar-refractivity contribution is -0.385. The summed E-state index contributed by atoms with van der Waals surface area (Å²) in [7, 11) is 1.58. The normalized spacial score (nSPS) is 21.2. The number of aromatic nitrogens is 1. The minimum Gasteiger partial charge on any atom is -0.497 e. The topological polar surface area (TPSA) is 106 Å². The van der Waals surface area contributed by atoms with E-state index in [-0.39, 0.29) is 17.5 Å². The number of nitrogens with zero attached hydrogens (tertiary/aromatic N) is 2. The molecule has 1 aromatic heterocycles. The van der Waals surface area contributed by atoms with Gasteiger partial charge in [-0.2, -0.15) is 0 Å². The molecule has 2 aliphatic rings. The van der Waals surface area contributed by atoms with Crippen LogP contribution in [0.15, 0.2) is 72.8 Å². The van der Waals surface area contributed by atoms with Gasteiger partial charge in [0, 0.05) is 34.1 Å². The molecule has 0 spiro atoms. The van der Waals surface area contributed by atoms with Crippen molar-refractivity contribution in [2.75, 3.05) is 12.0 Å².